The summed E-state index contributed by atoms with van der Waals surface area (Å²) in [5.41, 5.74) is 2.20. The van der Waals surface area contributed by atoms with Crippen LogP contribution in [0.15, 0.2) is 83.3 Å². The number of amides is 1. The highest BCUT2D eigenvalue weighted by atomic mass is 16.5. The van der Waals surface area contributed by atoms with Gasteiger partial charge < -0.3 is 19.2 Å². The molecule has 0 spiro atoms. The number of anilines is 1. The maximum absolute atomic E-state index is 12.9. The van der Waals surface area contributed by atoms with Gasteiger partial charge in [0.2, 0.25) is 0 Å². The van der Waals surface area contributed by atoms with Crippen molar-refractivity contribution in [1.29, 1.82) is 0 Å². The molecule has 0 saturated carbocycles. The summed E-state index contributed by atoms with van der Waals surface area (Å²) in [5.74, 6) is 0.0471. The molecule has 3 aromatic carbocycles. The summed E-state index contributed by atoms with van der Waals surface area (Å²) in [4.78, 5) is 24.5. The van der Waals surface area contributed by atoms with Gasteiger partial charge in [0.05, 0.1) is 12.7 Å². The first-order valence-corrected chi connectivity index (χ1v) is 9.33. The second kappa shape index (κ2) is 8.53. The summed E-state index contributed by atoms with van der Waals surface area (Å²) >= 11 is 0. The Balaban J connectivity index is 1.59. The molecule has 4 aromatic rings. The lowest BCUT2D eigenvalue weighted by molar-refractivity contribution is 0.0600. The van der Waals surface area contributed by atoms with Gasteiger partial charge in [0, 0.05) is 16.6 Å². The fraction of sp³-hybridized carbons (Fsp3) is 0.0833. The van der Waals surface area contributed by atoms with Gasteiger partial charge in [-0.15, -0.1) is 0 Å². The molecule has 0 atom stereocenters. The topological polar surface area (TPSA) is 77.8 Å². The van der Waals surface area contributed by atoms with Gasteiger partial charge in [-0.1, -0.05) is 36.4 Å². The SMILES string of the molecule is COC(=O)c1ccc(NC(=O)c2oc3ccccc3c2COc2ccccc2)cc1. The number of carbonyl (C=O) groups is 2. The second-order valence-corrected chi connectivity index (χ2v) is 6.53. The van der Waals surface area contributed by atoms with E-state index in [1.807, 2.05) is 54.6 Å². The van der Waals surface area contributed by atoms with Crippen LogP contribution in [0.2, 0.25) is 0 Å². The highest BCUT2D eigenvalue weighted by Gasteiger charge is 2.21. The van der Waals surface area contributed by atoms with Crippen molar-refractivity contribution in [2.45, 2.75) is 6.61 Å². The van der Waals surface area contributed by atoms with Gasteiger partial charge in [0.25, 0.3) is 5.91 Å². The third-order valence-corrected chi connectivity index (χ3v) is 4.59. The number of carbonyl (C=O) groups excluding carboxylic acids is 2. The first-order valence-electron chi connectivity index (χ1n) is 9.33. The molecule has 150 valence electrons. The van der Waals surface area contributed by atoms with Crippen LogP contribution in [-0.2, 0) is 11.3 Å². The molecular formula is C24H19NO5. The molecule has 0 aliphatic heterocycles. The van der Waals surface area contributed by atoms with Crippen molar-refractivity contribution in [3.63, 3.8) is 0 Å². The smallest absolute Gasteiger partial charge is 0.337 e. The Labute approximate surface area is 173 Å². The Morgan fingerprint density at radius 1 is 0.900 bits per heavy atom. The number of furan rings is 1. The minimum absolute atomic E-state index is 0.184. The van der Waals surface area contributed by atoms with E-state index >= 15 is 0 Å². The fourth-order valence-electron chi connectivity index (χ4n) is 3.09. The minimum Gasteiger partial charge on any atom is -0.489 e. The monoisotopic (exact) mass is 401 g/mol. The number of ether oxygens (including phenoxy) is 2. The normalized spacial score (nSPS) is 10.6. The molecular weight excluding hydrogens is 382 g/mol. The van der Waals surface area contributed by atoms with Crippen LogP contribution < -0.4 is 10.1 Å². The van der Waals surface area contributed by atoms with Crippen LogP contribution in [0.5, 0.6) is 5.75 Å². The van der Waals surface area contributed by atoms with E-state index in [-0.39, 0.29) is 12.4 Å². The molecule has 4 rings (SSSR count). The molecule has 6 nitrogen and oxygen atoms in total. The number of nitrogens with one attached hydrogen (secondary N) is 1. The molecule has 6 heteroatoms. The molecule has 0 fully saturated rings. The average molecular weight is 401 g/mol. The maximum atomic E-state index is 12.9. The molecule has 0 saturated heterocycles. The van der Waals surface area contributed by atoms with Crippen molar-refractivity contribution in [3.05, 3.63) is 95.7 Å². The number of para-hydroxylation sites is 2. The van der Waals surface area contributed by atoms with Gasteiger partial charge in [-0.2, -0.15) is 0 Å². The minimum atomic E-state index is -0.439. The van der Waals surface area contributed by atoms with Crippen molar-refractivity contribution in [2.24, 2.45) is 0 Å². The standard InChI is InChI=1S/C24H19NO5/c1-28-24(27)16-11-13-17(14-12-16)25-23(26)22-20(15-29-18-7-3-2-4-8-18)19-9-5-6-10-21(19)30-22/h2-14H,15H2,1H3,(H,25,26). The zero-order valence-corrected chi connectivity index (χ0v) is 16.3. The summed E-state index contributed by atoms with van der Waals surface area (Å²) < 4.78 is 16.4. The predicted octanol–water partition coefficient (Wildman–Crippen LogP) is 5.05. The zero-order valence-electron chi connectivity index (χ0n) is 16.3. The van der Waals surface area contributed by atoms with Crippen LogP contribution >= 0.6 is 0 Å². The number of esters is 1. The lowest BCUT2D eigenvalue weighted by Crippen LogP contribution is -2.14. The van der Waals surface area contributed by atoms with Crippen molar-refractivity contribution < 1.29 is 23.5 Å². The van der Waals surface area contributed by atoms with Crippen molar-refractivity contribution in [2.75, 3.05) is 12.4 Å². The number of benzene rings is 3. The van der Waals surface area contributed by atoms with Crippen LogP contribution in [0.3, 0.4) is 0 Å². The number of fused-ring (bicyclic) bond motifs is 1. The van der Waals surface area contributed by atoms with Gasteiger partial charge in [-0.3, -0.25) is 4.79 Å². The highest BCUT2D eigenvalue weighted by molar-refractivity contribution is 6.06. The van der Waals surface area contributed by atoms with E-state index in [4.69, 9.17) is 9.15 Å². The second-order valence-electron chi connectivity index (χ2n) is 6.53. The van der Waals surface area contributed by atoms with Crippen molar-refractivity contribution in [3.8, 4) is 5.75 Å². The first kappa shape index (κ1) is 19.3. The molecule has 1 aromatic heterocycles. The highest BCUT2D eigenvalue weighted by Crippen LogP contribution is 2.28. The van der Waals surface area contributed by atoms with Crippen molar-refractivity contribution >= 4 is 28.5 Å². The third-order valence-electron chi connectivity index (χ3n) is 4.59. The molecule has 0 aliphatic rings. The molecule has 1 N–H and O–H groups in total. The Bertz CT molecular complexity index is 1180. The Kier molecular flexibility index (Phi) is 5.48. The molecule has 1 amide bonds. The number of hydrogen-bond acceptors (Lipinski definition) is 5. The molecule has 30 heavy (non-hydrogen) atoms. The van der Waals surface area contributed by atoms with E-state index in [2.05, 4.69) is 10.1 Å². The Hall–Kier alpha value is -4.06. The molecule has 0 aliphatic carbocycles. The molecule has 0 bridgehead atoms. The van der Waals surface area contributed by atoms with Gasteiger partial charge in [-0.05, 0) is 42.5 Å². The Morgan fingerprint density at radius 2 is 1.60 bits per heavy atom. The summed E-state index contributed by atoms with van der Waals surface area (Å²) in [6, 6.07) is 23.2. The molecule has 1 heterocycles. The summed E-state index contributed by atoms with van der Waals surface area (Å²) in [6.45, 7) is 0.186. The van der Waals surface area contributed by atoms with Crippen LogP contribution in [0.4, 0.5) is 5.69 Å². The van der Waals surface area contributed by atoms with Gasteiger partial charge in [0.1, 0.15) is 17.9 Å². The van der Waals surface area contributed by atoms with Crippen LogP contribution in [-0.4, -0.2) is 19.0 Å². The van der Waals surface area contributed by atoms with E-state index in [1.165, 1.54) is 7.11 Å². The van der Waals surface area contributed by atoms with Crippen LogP contribution in [0.25, 0.3) is 11.0 Å². The predicted molar refractivity (Wildman–Crippen MR) is 113 cm³/mol. The number of rotatable bonds is 6. The zero-order chi connectivity index (χ0) is 20.9. The average Bonchev–Trinajstić information content (AvgIpc) is 3.17. The maximum Gasteiger partial charge on any atom is 0.337 e. The van der Waals surface area contributed by atoms with Gasteiger partial charge >= 0.3 is 5.97 Å². The Morgan fingerprint density at radius 3 is 2.33 bits per heavy atom. The van der Waals surface area contributed by atoms with Crippen LogP contribution in [0, 0.1) is 0 Å². The van der Waals surface area contributed by atoms with Gasteiger partial charge in [-0.25, -0.2) is 4.79 Å². The quantitative estimate of drug-likeness (QED) is 0.458. The van der Waals surface area contributed by atoms with E-state index in [1.54, 1.807) is 24.3 Å². The fourth-order valence-corrected chi connectivity index (χ4v) is 3.09. The van der Waals surface area contributed by atoms with E-state index < -0.39 is 11.9 Å². The van der Waals surface area contributed by atoms with E-state index in [9.17, 15) is 9.59 Å². The largest absolute Gasteiger partial charge is 0.489 e. The van der Waals surface area contributed by atoms with E-state index in [0.29, 0.717) is 28.1 Å². The van der Waals surface area contributed by atoms with Crippen LogP contribution in [0.1, 0.15) is 26.5 Å². The van der Waals surface area contributed by atoms with E-state index in [0.717, 1.165) is 5.39 Å². The number of methoxy groups -OCH3 is 1. The number of hydrogen-bond donors (Lipinski definition) is 1. The lowest BCUT2D eigenvalue weighted by atomic mass is 10.1. The summed E-state index contributed by atoms with van der Waals surface area (Å²) in [6.07, 6.45) is 0. The summed E-state index contributed by atoms with van der Waals surface area (Å²) in [5, 5.41) is 3.62. The molecule has 0 radical (unpaired) electrons. The summed E-state index contributed by atoms with van der Waals surface area (Å²) in [7, 11) is 1.32. The molecule has 0 unspecified atom stereocenters. The lowest BCUT2D eigenvalue weighted by Gasteiger charge is -2.08. The van der Waals surface area contributed by atoms with Crippen molar-refractivity contribution in [1.82, 2.24) is 0 Å². The third kappa shape index (κ3) is 4.03. The van der Waals surface area contributed by atoms with Gasteiger partial charge in [0.15, 0.2) is 5.76 Å². The first-order chi connectivity index (χ1) is 14.7.